The van der Waals surface area contributed by atoms with Crippen LogP contribution in [0.1, 0.15) is 61.2 Å². The highest BCUT2D eigenvalue weighted by Crippen LogP contribution is 2.40. The molecule has 1 aliphatic carbocycles. The third-order valence-electron chi connectivity index (χ3n) is 6.19. The van der Waals surface area contributed by atoms with E-state index in [-0.39, 0.29) is 18.0 Å². The van der Waals surface area contributed by atoms with E-state index >= 15 is 0 Å². The average molecular weight is 426 g/mol. The van der Waals surface area contributed by atoms with Crippen LogP contribution in [0.4, 0.5) is 0 Å². The van der Waals surface area contributed by atoms with Gasteiger partial charge in [0.1, 0.15) is 5.76 Å². The number of piperidine rings is 1. The lowest BCUT2D eigenvalue weighted by atomic mass is 10.0. The molecule has 4 rings (SSSR count). The maximum absolute atomic E-state index is 13.2. The van der Waals surface area contributed by atoms with Crippen LogP contribution < -0.4 is 5.32 Å². The Morgan fingerprint density at radius 2 is 1.97 bits per heavy atom. The summed E-state index contributed by atoms with van der Waals surface area (Å²) in [6, 6.07) is 1.49. The Balaban J connectivity index is 1.34. The van der Waals surface area contributed by atoms with Crippen molar-refractivity contribution in [2.45, 2.75) is 57.0 Å². The lowest BCUT2D eigenvalue weighted by Gasteiger charge is -2.39. The normalized spacial score (nSPS) is 28.2. The number of nitrogens with one attached hydrogen (secondary N) is 1. The topological polar surface area (TPSA) is 99.0 Å². The smallest absolute Gasteiger partial charge is 0.282 e. The summed E-state index contributed by atoms with van der Waals surface area (Å²) >= 11 is 0. The lowest BCUT2D eigenvalue weighted by Crippen LogP contribution is -2.55. The van der Waals surface area contributed by atoms with E-state index in [0.29, 0.717) is 44.1 Å². The van der Waals surface area contributed by atoms with E-state index in [0.717, 1.165) is 38.1 Å². The quantitative estimate of drug-likeness (QED) is 0.756. The zero-order valence-electron chi connectivity index (χ0n) is 17.2. The second-order valence-corrected chi connectivity index (χ2v) is 10.5. The van der Waals surface area contributed by atoms with Crippen LogP contribution in [0.15, 0.2) is 10.6 Å². The van der Waals surface area contributed by atoms with Crippen LogP contribution in [0.5, 0.6) is 0 Å². The van der Waals surface area contributed by atoms with E-state index in [2.05, 4.69) is 15.4 Å². The molecule has 3 heterocycles. The second-order valence-electron chi connectivity index (χ2n) is 8.61. The van der Waals surface area contributed by atoms with Gasteiger partial charge >= 0.3 is 0 Å². The minimum absolute atomic E-state index is 0.0692. The van der Waals surface area contributed by atoms with E-state index in [4.69, 9.17) is 4.52 Å². The summed E-state index contributed by atoms with van der Waals surface area (Å²) in [7, 11) is -1.46. The molecule has 3 fully saturated rings. The Hall–Kier alpha value is -1.49. The number of nitrogens with zero attached hydrogens (tertiary/aromatic N) is 4. The molecule has 1 N–H and O–H groups in total. The van der Waals surface area contributed by atoms with Gasteiger partial charge in [0.05, 0.1) is 0 Å². The fourth-order valence-electron chi connectivity index (χ4n) is 4.24. The fourth-order valence-corrected chi connectivity index (χ4v) is 6.09. The molecule has 29 heavy (non-hydrogen) atoms. The standard InChI is InChI=1S/C19H31N5O4S/c1-14-12-16(20-19(25)17-13-18(28-21-17)15-4-5-15)6-9-24(14)29(26,27)23-8-3-7-22(2)10-11-23/h13-16H,3-12H2,1-2H3,(H,20,25)/t14-,16-/m0/s1. The van der Waals surface area contributed by atoms with Crippen molar-refractivity contribution in [3.63, 3.8) is 0 Å². The Morgan fingerprint density at radius 1 is 1.17 bits per heavy atom. The summed E-state index contributed by atoms with van der Waals surface area (Å²) < 4.78 is 34.8. The molecule has 0 bridgehead atoms. The predicted molar refractivity (Wildman–Crippen MR) is 108 cm³/mol. The zero-order chi connectivity index (χ0) is 20.6. The summed E-state index contributed by atoms with van der Waals surface area (Å²) in [5.74, 6) is 0.952. The number of amides is 1. The fraction of sp³-hybridized carbons (Fsp3) is 0.789. The van der Waals surface area contributed by atoms with Gasteiger partial charge in [0.25, 0.3) is 16.1 Å². The van der Waals surface area contributed by atoms with Crippen molar-refractivity contribution in [1.82, 2.24) is 24.0 Å². The van der Waals surface area contributed by atoms with Crippen molar-refractivity contribution in [1.29, 1.82) is 0 Å². The summed E-state index contributed by atoms with van der Waals surface area (Å²) in [4.78, 5) is 14.7. The third-order valence-corrected chi connectivity index (χ3v) is 8.35. The monoisotopic (exact) mass is 425 g/mol. The van der Waals surface area contributed by atoms with Crippen molar-refractivity contribution >= 4 is 16.1 Å². The summed E-state index contributed by atoms with van der Waals surface area (Å²) in [5.41, 5.74) is 0.309. The molecular formula is C19H31N5O4S. The van der Waals surface area contributed by atoms with Crippen molar-refractivity contribution in [2.24, 2.45) is 0 Å². The maximum atomic E-state index is 13.2. The van der Waals surface area contributed by atoms with E-state index in [1.165, 1.54) is 0 Å². The number of hydrogen-bond donors (Lipinski definition) is 1. The molecule has 0 radical (unpaired) electrons. The average Bonchev–Trinajstić information content (AvgIpc) is 3.44. The van der Waals surface area contributed by atoms with Gasteiger partial charge in [0.15, 0.2) is 5.69 Å². The van der Waals surface area contributed by atoms with Gasteiger partial charge in [-0.05, 0) is 52.6 Å². The van der Waals surface area contributed by atoms with Crippen LogP contribution in [0.2, 0.25) is 0 Å². The molecule has 1 saturated carbocycles. The molecule has 1 amide bonds. The molecule has 0 spiro atoms. The Kier molecular flexibility index (Phi) is 5.97. The zero-order valence-corrected chi connectivity index (χ0v) is 18.0. The van der Waals surface area contributed by atoms with Gasteiger partial charge in [-0.15, -0.1) is 0 Å². The van der Waals surface area contributed by atoms with Crippen molar-refractivity contribution in [2.75, 3.05) is 39.8 Å². The van der Waals surface area contributed by atoms with Crippen LogP contribution in [0.25, 0.3) is 0 Å². The first kappa shape index (κ1) is 20.8. The van der Waals surface area contributed by atoms with E-state index in [1.807, 2.05) is 14.0 Å². The SMILES string of the molecule is C[C@H]1C[C@@H](NC(=O)c2cc(C3CC3)on2)CCN1S(=O)(=O)N1CCCN(C)CC1. The molecule has 9 nitrogen and oxygen atoms in total. The Morgan fingerprint density at radius 3 is 2.69 bits per heavy atom. The molecule has 162 valence electrons. The first-order valence-corrected chi connectivity index (χ1v) is 12.0. The number of rotatable bonds is 5. The highest BCUT2D eigenvalue weighted by Gasteiger charge is 2.38. The summed E-state index contributed by atoms with van der Waals surface area (Å²) in [6.45, 7) is 5.08. The number of likely N-dealkylation sites (N-methyl/N-ethyl adjacent to an activating group) is 1. The lowest BCUT2D eigenvalue weighted by molar-refractivity contribution is 0.0903. The molecule has 0 aromatic carbocycles. The van der Waals surface area contributed by atoms with Gasteiger partial charge in [-0.3, -0.25) is 4.79 Å². The second kappa shape index (κ2) is 8.33. The maximum Gasteiger partial charge on any atom is 0.282 e. The van der Waals surface area contributed by atoms with E-state index in [1.54, 1.807) is 14.7 Å². The summed E-state index contributed by atoms with van der Waals surface area (Å²) in [5, 5.41) is 6.89. The van der Waals surface area contributed by atoms with E-state index < -0.39 is 10.2 Å². The van der Waals surface area contributed by atoms with Gasteiger partial charge < -0.3 is 14.7 Å². The Labute approximate surface area is 172 Å². The van der Waals surface area contributed by atoms with Crippen LogP contribution in [-0.4, -0.2) is 84.8 Å². The number of aromatic nitrogens is 1. The van der Waals surface area contributed by atoms with Crippen LogP contribution in [0, 0.1) is 0 Å². The largest absolute Gasteiger partial charge is 0.360 e. The summed E-state index contributed by atoms with van der Waals surface area (Å²) in [6.07, 6.45) is 4.21. The molecule has 3 aliphatic rings. The van der Waals surface area contributed by atoms with Crippen LogP contribution in [-0.2, 0) is 10.2 Å². The van der Waals surface area contributed by atoms with Crippen molar-refractivity contribution in [3.05, 3.63) is 17.5 Å². The van der Waals surface area contributed by atoms with Crippen molar-refractivity contribution < 1.29 is 17.7 Å². The van der Waals surface area contributed by atoms with Gasteiger partial charge in [-0.2, -0.15) is 17.0 Å². The molecule has 2 aliphatic heterocycles. The minimum atomic E-state index is -3.48. The number of hydrogen-bond acceptors (Lipinski definition) is 6. The van der Waals surface area contributed by atoms with E-state index in [9.17, 15) is 13.2 Å². The van der Waals surface area contributed by atoms with Gasteiger partial charge in [0, 0.05) is 50.2 Å². The third kappa shape index (κ3) is 4.65. The van der Waals surface area contributed by atoms with Crippen molar-refractivity contribution in [3.8, 4) is 0 Å². The van der Waals surface area contributed by atoms with Gasteiger partial charge in [-0.25, -0.2) is 0 Å². The highest BCUT2D eigenvalue weighted by molar-refractivity contribution is 7.86. The van der Waals surface area contributed by atoms with Gasteiger partial charge in [-0.1, -0.05) is 5.16 Å². The number of carbonyl (C=O) groups is 1. The molecule has 2 atom stereocenters. The highest BCUT2D eigenvalue weighted by atomic mass is 32.2. The molecule has 1 aromatic heterocycles. The minimum Gasteiger partial charge on any atom is -0.360 e. The predicted octanol–water partition coefficient (Wildman–Crippen LogP) is 1.02. The Bertz CT molecular complexity index is 837. The molecule has 1 aromatic rings. The van der Waals surface area contributed by atoms with Crippen LogP contribution >= 0.6 is 0 Å². The number of carbonyl (C=O) groups excluding carboxylic acids is 1. The first-order valence-electron chi connectivity index (χ1n) is 10.6. The van der Waals surface area contributed by atoms with Gasteiger partial charge in [0.2, 0.25) is 0 Å². The first-order chi connectivity index (χ1) is 13.8. The molecule has 2 saturated heterocycles. The molecular weight excluding hydrogens is 394 g/mol. The van der Waals surface area contributed by atoms with Crippen LogP contribution in [0.3, 0.4) is 0 Å². The molecule has 0 unspecified atom stereocenters. The molecule has 10 heteroatoms.